The lowest BCUT2D eigenvalue weighted by Gasteiger charge is -2.26. The Hall–Kier alpha value is -2.13. The Kier molecular flexibility index (Phi) is 5.94. The summed E-state index contributed by atoms with van der Waals surface area (Å²) in [5, 5.41) is 6.47. The van der Waals surface area contributed by atoms with Gasteiger partial charge in [0.2, 0.25) is 5.91 Å². The molecule has 0 aliphatic heterocycles. The molecule has 2 aromatic rings. The van der Waals surface area contributed by atoms with E-state index in [1.807, 2.05) is 57.2 Å². The molecule has 0 bridgehead atoms. The van der Waals surface area contributed by atoms with Crippen molar-refractivity contribution in [2.24, 2.45) is 0 Å². The zero-order valence-electron chi connectivity index (χ0n) is 14.2. The van der Waals surface area contributed by atoms with Crippen LogP contribution in [0.3, 0.4) is 0 Å². The van der Waals surface area contributed by atoms with Gasteiger partial charge in [0, 0.05) is 12.1 Å². The lowest BCUT2D eigenvalue weighted by molar-refractivity contribution is -0.124. The molecule has 2 aromatic carbocycles. The number of amides is 1. The van der Waals surface area contributed by atoms with Gasteiger partial charge in [0.15, 0.2) is 0 Å². The van der Waals surface area contributed by atoms with Gasteiger partial charge in [-0.1, -0.05) is 60.7 Å². The lowest BCUT2D eigenvalue weighted by atomic mass is 10.0. The minimum absolute atomic E-state index is 0.0392. The van der Waals surface area contributed by atoms with E-state index in [1.54, 1.807) is 0 Å². The Balaban J connectivity index is 2.05. The fraction of sp³-hybridized carbons (Fsp3) is 0.350. The molecule has 3 nitrogen and oxygen atoms in total. The second-order valence-corrected chi connectivity index (χ2v) is 6.85. The third-order valence-electron chi connectivity index (χ3n) is 3.49. The van der Waals surface area contributed by atoms with Crippen molar-refractivity contribution in [2.75, 3.05) is 0 Å². The molecular weight excluding hydrogens is 284 g/mol. The van der Waals surface area contributed by atoms with Gasteiger partial charge in [0.05, 0.1) is 6.04 Å². The lowest BCUT2D eigenvalue weighted by Crippen LogP contribution is -2.51. The van der Waals surface area contributed by atoms with E-state index in [1.165, 1.54) is 5.56 Å². The van der Waals surface area contributed by atoms with Crippen molar-refractivity contribution in [3.05, 3.63) is 71.8 Å². The van der Waals surface area contributed by atoms with Gasteiger partial charge in [-0.05, 0) is 38.3 Å². The highest BCUT2D eigenvalue weighted by atomic mass is 16.2. The zero-order chi connectivity index (χ0) is 16.7. The van der Waals surface area contributed by atoms with Gasteiger partial charge < -0.3 is 10.6 Å². The van der Waals surface area contributed by atoms with Crippen molar-refractivity contribution in [3.63, 3.8) is 0 Å². The Labute approximate surface area is 139 Å². The Morgan fingerprint density at radius 1 is 0.913 bits per heavy atom. The molecule has 122 valence electrons. The minimum atomic E-state index is -0.253. The normalized spacial score (nSPS) is 12.7. The fourth-order valence-electron chi connectivity index (χ4n) is 2.40. The molecule has 0 radical (unpaired) electrons. The molecule has 0 unspecified atom stereocenters. The first-order valence-corrected chi connectivity index (χ1v) is 8.07. The largest absolute Gasteiger partial charge is 0.350 e. The quantitative estimate of drug-likeness (QED) is 0.859. The summed E-state index contributed by atoms with van der Waals surface area (Å²) in [6, 6.07) is 20.0. The summed E-state index contributed by atoms with van der Waals surface area (Å²) >= 11 is 0. The molecule has 0 heterocycles. The van der Waals surface area contributed by atoms with Crippen LogP contribution in [0, 0.1) is 0 Å². The van der Waals surface area contributed by atoms with Gasteiger partial charge in [-0.2, -0.15) is 0 Å². The molecule has 0 fully saturated rings. The first kappa shape index (κ1) is 17.2. The summed E-state index contributed by atoms with van der Waals surface area (Å²) in [5.41, 5.74) is 2.09. The van der Waals surface area contributed by atoms with E-state index in [0.717, 1.165) is 5.56 Å². The maximum absolute atomic E-state index is 12.6. The molecular formula is C20H26N2O. The molecule has 2 rings (SSSR count). The van der Waals surface area contributed by atoms with Crippen molar-refractivity contribution in [1.82, 2.24) is 10.6 Å². The van der Waals surface area contributed by atoms with Crippen LogP contribution in [0.5, 0.6) is 0 Å². The van der Waals surface area contributed by atoms with E-state index >= 15 is 0 Å². The molecule has 23 heavy (non-hydrogen) atoms. The van der Waals surface area contributed by atoms with Crippen LogP contribution in [0.2, 0.25) is 0 Å². The number of benzene rings is 2. The van der Waals surface area contributed by atoms with Crippen LogP contribution in [-0.4, -0.2) is 17.5 Å². The van der Waals surface area contributed by atoms with E-state index in [-0.39, 0.29) is 17.5 Å². The first-order chi connectivity index (χ1) is 10.9. The van der Waals surface area contributed by atoms with Crippen LogP contribution >= 0.6 is 0 Å². The van der Waals surface area contributed by atoms with E-state index in [9.17, 15) is 4.79 Å². The van der Waals surface area contributed by atoms with Crippen LogP contribution in [0.4, 0.5) is 0 Å². The number of carbonyl (C=O) groups is 1. The van der Waals surface area contributed by atoms with Crippen LogP contribution in [0.25, 0.3) is 0 Å². The Bertz CT molecular complexity index is 603. The Morgan fingerprint density at radius 2 is 1.43 bits per heavy atom. The summed E-state index contributed by atoms with van der Waals surface area (Å²) in [6.45, 7) is 6.68. The number of carbonyl (C=O) groups excluding carboxylic acids is 1. The van der Waals surface area contributed by atoms with Gasteiger partial charge in [0.25, 0.3) is 0 Å². The van der Waals surface area contributed by atoms with Crippen molar-refractivity contribution in [3.8, 4) is 0 Å². The van der Waals surface area contributed by atoms with E-state index in [0.29, 0.717) is 13.0 Å². The van der Waals surface area contributed by atoms with Crippen molar-refractivity contribution >= 4 is 5.91 Å². The van der Waals surface area contributed by atoms with E-state index in [4.69, 9.17) is 0 Å². The summed E-state index contributed by atoms with van der Waals surface area (Å²) in [5.74, 6) is 0.0392. The number of nitrogens with one attached hydrogen (secondary N) is 2. The first-order valence-electron chi connectivity index (χ1n) is 8.07. The predicted octanol–water partition coefficient (Wildman–Crippen LogP) is 3.30. The van der Waals surface area contributed by atoms with E-state index < -0.39 is 0 Å². The monoisotopic (exact) mass is 310 g/mol. The standard InChI is InChI=1S/C20H26N2O/c1-20(2,3)22-19(23)18(14-16-10-6-4-7-11-16)21-15-17-12-8-5-9-13-17/h4-13,18,21H,14-15H2,1-3H3,(H,22,23)/t18-/m0/s1. The number of rotatable bonds is 6. The van der Waals surface area contributed by atoms with Crippen molar-refractivity contribution in [1.29, 1.82) is 0 Å². The summed E-state index contributed by atoms with van der Waals surface area (Å²) in [4.78, 5) is 12.6. The molecule has 1 atom stereocenters. The van der Waals surface area contributed by atoms with Crippen LogP contribution in [-0.2, 0) is 17.8 Å². The maximum atomic E-state index is 12.6. The van der Waals surface area contributed by atoms with Crippen molar-refractivity contribution in [2.45, 2.75) is 45.3 Å². The molecule has 1 amide bonds. The molecule has 3 heteroatoms. The summed E-state index contributed by atoms with van der Waals surface area (Å²) in [7, 11) is 0. The highest BCUT2D eigenvalue weighted by Crippen LogP contribution is 2.07. The fourth-order valence-corrected chi connectivity index (χ4v) is 2.40. The second-order valence-electron chi connectivity index (χ2n) is 6.85. The summed E-state index contributed by atoms with van der Waals surface area (Å²) < 4.78 is 0. The van der Waals surface area contributed by atoms with E-state index in [2.05, 4.69) is 34.9 Å². The molecule has 0 saturated heterocycles. The van der Waals surface area contributed by atoms with Crippen molar-refractivity contribution < 1.29 is 4.79 Å². The third-order valence-corrected chi connectivity index (χ3v) is 3.49. The highest BCUT2D eigenvalue weighted by molar-refractivity contribution is 5.82. The number of hydrogen-bond acceptors (Lipinski definition) is 2. The van der Waals surface area contributed by atoms with Gasteiger partial charge in [0.1, 0.15) is 0 Å². The SMILES string of the molecule is CC(C)(C)NC(=O)[C@H](Cc1ccccc1)NCc1ccccc1. The Morgan fingerprint density at radius 3 is 1.96 bits per heavy atom. The molecule has 0 aromatic heterocycles. The maximum Gasteiger partial charge on any atom is 0.237 e. The minimum Gasteiger partial charge on any atom is -0.350 e. The van der Waals surface area contributed by atoms with Gasteiger partial charge >= 0.3 is 0 Å². The van der Waals surface area contributed by atoms with Crippen LogP contribution in [0.15, 0.2) is 60.7 Å². The topological polar surface area (TPSA) is 41.1 Å². The molecule has 0 aliphatic carbocycles. The molecule has 0 aliphatic rings. The summed E-state index contributed by atoms with van der Waals surface area (Å²) in [6.07, 6.45) is 0.676. The number of hydrogen-bond donors (Lipinski definition) is 2. The second kappa shape index (κ2) is 7.93. The molecule has 2 N–H and O–H groups in total. The zero-order valence-corrected chi connectivity index (χ0v) is 14.2. The van der Waals surface area contributed by atoms with Gasteiger partial charge in [-0.25, -0.2) is 0 Å². The predicted molar refractivity (Wildman–Crippen MR) is 95.1 cm³/mol. The smallest absolute Gasteiger partial charge is 0.237 e. The van der Waals surface area contributed by atoms with Crippen LogP contribution < -0.4 is 10.6 Å². The third kappa shape index (κ3) is 6.25. The van der Waals surface area contributed by atoms with Crippen LogP contribution in [0.1, 0.15) is 31.9 Å². The average Bonchev–Trinajstić information content (AvgIpc) is 2.51. The average molecular weight is 310 g/mol. The molecule has 0 spiro atoms. The molecule has 0 saturated carbocycles. The van der Waals surface area contributed by atoms with Gasteiger partial charge in [-0.3, -0.25) is 4.79 Å². The van der Waals surface area contributed by atoms with Gasteiger partial charge in [-0.15, -0.1) is 0 Å². The highest BCUT2D eigenvalue weighted by Gasteiger charge is 2.22.